The van der Waals surface area contributed by atoms with Gasteiger partial charge in [0.05, 0.1) is 4.90 Å². The van der Waals surface area contributed by atoms with E-state index in [-0.39, 0.29) is 15.7 Å². The zero-order valence-electron chi connectivity index (χ0n) is 11.8. The van der Waals surface area contributed by atoms with Crippen LogP contribution in [0, 0.1) is 0 Å². The number of hydrogen-bond acceptors (Lipinski definition) is 2. The fourth-order valence-corrected chi connectivity index (χ4v) is 3.75. The molecule has 4 heteroatoms. The summed E-state index contributed by atoms with van der Waals surface area (Å²) in [5.41, 5.74) is 1.01. The van der Waals surface area contributed by atoms with Crippen LogP contribution in [0.4, 0.5) is 0 Å². The summed E-state index contributed by atoms with van der Waals surface area (Å²) in [4.78, 5) is 0.270. The van der Waals surface area contributed by atoms with Gasteiger partial charge in [-0.1, -0.05) is 59.7 Å². The van der Waals surface area contributed by atoms with Gasteiger partial charge in [0.2, 0.25) is 0 Å². The van der Waals surface area contributed by atoms with E-state index >= 15 is 0 Å². The lowest BCUT2D eigenvalue weighted by Gasteiger charge is -2.28. The normalized spacial score (nSPS) is 13.7. The molecule has 0 heterocycles. The summed E-state index contributed by atoms with van der Waals surface area (Å²) in [6.07, 6.45) is 0. The molecule has 0 aliphatic rings. The summed E-state index contributed by atoms with van der Waals surface area (Å²) < 4.78 is 23.9. The van der Waals surface area contributed by atoms with Crippen LogP contribution in [0.3, 0.4) is 0 Å². The average Bonchev–Trinajstić information content (AvgIpc) is 2.12. The Morgan fingerprint density at radius 3 is 1.44 bits per heavy atom. The molecular weight excluding hydrogens is 268 g/mol. The van der Waals surface area contributed by atoms with E-state index in [2.05, 4.69) is 0 Å². The highest BCUT2D eigenvalue weighted by Crippen LogP contribution is 2.38. The van der Waals surface area contributed by atoms with E-state index in [4.69, 9.17) is 10.7 Å². The molecule has 0 saturated carbocycles. The van der Waals surface area contributed by atoms with E-state index < -0.39 is 9.05 Å². The summed E-state index contributed by atoms with van der Waals surface area (Å²) in [7, 11) is 1.89. The van der Waals surface area contributed by atoms with Crippen LogP contribution in [0.1, 0.15) is 52.7 Å². The van der Waals surface area contributed by atoms with Crippen molar-refractivity contribution in [2.24, 2.45) is 0 Å². The van der Waals surface area contributed by atoms with Gasteiger partial charge in [-0.25, -0.2) is 8.42 Å². The summed E-state index contributed by atoms with van der Waals surface area (Å²) in [6, 6.07) is 5.57. The first-order chi connectivity index (χ1) is 7.85. The minimum atomic E-state index is -3.76. The topological polar surface area (TPSA) is 34.1 Å². The third-order valence-electron chi connectivity index (χ3n) is 2.87. The molecule has 0 fully saturated rings. The lowest BCUT2D eigenvalue weighted by molar-refractivity contribution is 0.535. The first-order valence-corrected chi connectivity index (χ1v) is 8.25. The Hall–Kier alpha value is -0.540. The molecule has 0 amide bonds. The minimum Gasteiger partial charge on any atom is -0.207 e. The van der Waals surface area contributed by atoms with E-state index in [1.165, 1.54) is 0 Å². The fourth-order valence-electron chi connectivity index (χ4n) is 1.98. The number of halogens is 1. The van der Waals surface area contributed by atoms with Crippen molar-refractivity contribution in [3.05, 3.63) is 29.3 Å². The summed E-state index contributed by atoms with van der Waals surface area (Å²) in [6.45, 7) is 11.9. The van der Waals surface area contributed by atoms with Crippen molar-refractivity contribution < 1.29 is 8.42 Å². The van der Waals surface area contributed by atoms with E-state index in [1.807, 2.05) is 59.7 Å². The first-order valence-electron chi connectivity index (χ1n) is 5.94. The molecule has 0 spiro atoms. The Kier molecular flexibility index (Phi) is 3.91. The average molecular weight is 289 g/mol. The molecular formula is C14H21ClO2S. The molecule has 0 aromatic heterocycles. The Balaban J connectivity index is 3.79. The van der Waals surface area contributed by atoms with Crippen LogP contribution in [-0.4, -0.2) is 8.42 Å². The van der Waals surface area contributed by atoms with Crippen LogP contribution < -0.4 is 0 Å². The van der Waals surface area contributed by atoms with Crippen molar-refractivity contribution in [1.29, 1.82) is 0 Å². The second kappa shape index (κ2) is 4.53. The summed E-state index contributed by atoms with van der Waals surface area (Å²) in [5.74, 6) is 0. The molecule has 1 aromatic carbocycles. The minimum absolute atomic E-state index is 0.265. The Morgan fingerprint density at radius 2 is 1.22 bits per heavy atom. The maximum Gasteiger partial charge on any atom is 0.261 e. The molecule has 0 bridgehead atoms. The smallest absolute Gasteiger partial charge is 0.207 e. The van der Waals surface area contributed by atoms with Crippen LogP contribution in [0.2, 0.25) is 0 Å². The van der Waals surface area contributed by atoms with Crippen molar-refractivity contribution in [3.8, 4) is 0 Å². The standard InChI is InChI=1S/C14H21ClO2S/c1-13(2,3)10-8-7-9-11(14(4,5)6)12(10)18(15,16)17/h7-9H,1-6H3. The van der Waals surface area contributed by atoms with Crippen LogP contribution in [0.25, 0.3) is 0 Å². The van der Waals surface area contributed by atoms with Crippen LogP contribution >= 0.6 is 10.7 Å². The van der Waals surface area contributed by atoms with E-state index in [0.29, 0.717) is 0 Å². The van der Waals surface area contributed by atoms with Gasteiger partial charge in [0.15, 0.2) is 0 Å². The molecule has 18 heavy (non-hydrogen) atoms. The molecule has 0 aliphatic carbocycles. The molecule has 0 N–H and O–H groups in total. The molecule has 1 rings (SSSR count). The van der Waals surface area contributed by atoms with Gasteiger partial charge in [0.1, 0.15) is 0 Å². The maximum absolute atomic E-state index is 11.9. The highest BCUT2D eigenvalue weighted by molar-refractivity contribution is 8.13. The first kappa shape index (κ1) is 15.5. The molecule has 102 valence electrons. The van der Waals surface area contributed by atoms with E-state index in [1.54, 1.807) is 0 Å². The zero-order chi connectivity index (χ0) is 14.4. The Labute approximate surface area is 115 Å². The van der Waals surface area contributed by atoms with E-state index in [0.717, 1.165) is 11.1 Å². The largest absolute Gasteiger partial charge is 0.261 e. The number of hydrogen-bond donors (Lipinski definition) is 0. The van der Waals surface area contributed by atoms with E-state index in [9.17, 15) is 8.42 Å². The predicted molar refractivity (Wildman–Crippen MR) is 76.9 cm³/mol. The van der Waals surface area contributed by atoms with Crippen LogP contribution in [0.15, 0.2) is 23.1 Å². The lowest BCUT2D eigenvalue weighted by Crippen LogP contribution is -2.21. The van der Waals surface area contributed by atoms with Gasteiger partial charge in [-0.05, 0) is 22.0 Å². The van der Waals surface area contributed by atoms with Crippen molar-refractivity contribution in [3.63, 3.8) is 0 Å². The molecule has 0 saturated heterocycles. The monoisotopic (exact) mass is 288 g/mol. The fraction of sp³-hybridized carbons (Fsp3) is 0.571. The predicted octanol–water partition coefficient (Wildman–Crippen LogP) is 4.21. The van der Waals surface area contributed by atoms with Gasteiger partial charge in [0.25, 0.3) is 9.05 Å². The Morgan fingerprint density at radius 1 is 0.889 bits per heavy atom. The summed E-state index contributed by atoms with van der Waals surface area (Å²) in [5, 5.41) is 0. The van der Waals surface area contributed by atoms with Crippen LogP contribution in [-0.2, 0) is 19.9 Å². The molecule has 0 unspecified atom stereocenters. The van der Waals surface area contributed by atoms with Gasteiger partial charge in [-0.15, -0.1) is 0 Å². The SMILES string of the molecule is CC(C)(C)c1cccc(C(C)(C)C)c1S(=O)(=O)Cl. The van der Waals surface area contributed by atoms with Crippen molar-refractivity contribution in [2.75, 3.05) is 0 Å². The molecule has 1 aromatic rings. The van der Waals surface area contributed by atoms with Crippen molar-refractivity contribution in [2.45, 2.75) is 57.3 Å². The highest BCUT2D eigenvalue weighted by Gasteiger charge is 2.31. The third kappa shape index (κ3) is 3.27. The maximum atomic E-state index is 11.9. The zero-order valence-corrected chi connectivity index (χ0v) is 13.4. The highest BCUT2D eigenvalue weighted by atomic mass is 35.7. The third-order valence-corrected chi connectivity index (χ3v) is 4.27. The summed E-state index contributed by atoms with van der Waals surface area (Å²) >= 11 is 0. The number of rotatable bonds is 1. The van der Waals surface area contributed by atoms with Gasteiger partial charge in [-0.3, -0.25) is 0 Å². The second-order valence-electron chi connectivity index (χ2n) is 6.62. The second-order valence-corrected chi connectivity index (χ2v) is 9.12. The van der Waals surface area contributed by atoms with Gasteiger partial charge >= 0.3 is 0 Å². The Bertz CT molecular complexity index is 514. The van der Waals surface area contributed by atoms with Gasteiger partial charge in [-0.2, -0.15) is 0 Å². The van der Waals surface area contributed by atoms with Gasteiger partial charge < -0.3 is 0 Å². The lowest BCUT2D eigenvalue weighted by atomic mass is 9.80. The quantitative estimate of drug-likeness (QED) is 0.726. The molecule has 0 aliphatic heterocycles. The van der Waals surface area contributed by atoms with Gasteiger partial charge in [0, 0.05) is 10.7 Å². The van der Waals surface area contributed by atoms with Crippen molar-refractivity contribution in [1.82, 2.24) is 0 Å². The number of benzene rings is 1. The molecule has 0 atom stereocenters. The molecule has 2 nitrogen and oxygen atoms in total. The van der Waals surface area contributed by atoms with Crippen LogP contribution in [0.5, 0.6) is 0 Å². The van der Waals surface area contributed by atoms with Crippen molar-refractivity contribution >= 4 is 19.7 Å². The molecule has 0 radical (unpaired) electrons.